The number of allylic oxidation sites excluding steroid dienone is 1. The van der Waals surface area contributed by atoms with Crippen LogP contribution in [0.2, 0.25) is 0 Å². The Bertz CT molecular complexity index is 545. The third-order valence-electron chi connectivity index (χ3n) is 4.18. The lowest BCUT2D eigenvalue weighted by molar-refractivity contribution is 0.222. The molecule has 1 aromatic carbocycles. The number of rotatable bonds is 4. The molecule has 3 N–H and O–H groups in total. The fourth-order valence-electron chi connectivity index (χ4n) is 2.72. The zero-order chi connectivity index (χ0) is 16.2. The second kappa shape index (κ2) is 6.97. The molecule has 0 aromatic heterocycles. The number of carbonyl (C=O) groups is 1. The maximum absolute atomic E-state index is 12.3. The third kappa shape index (κ3) is 4.34. The van der Waals surface area contributed by atoms with Gasteiger partial charge in [0.2, 0.25) is 0 Å². The summed E-state index contributed by atoms with van der Waals surface area (Å²) in [5.41, 5.74) is 2.78. The van der Waals surface area contributed by atoms with Crippen LogP contribution in [0.1, 0.15) is 44.7 Å². The molecule has 4 heteroatoms. The van der Waals surface area contributed by atoms with E-state index in [9.17, 15) is 4.79 Å². The van der Waals surface area contributed by atoms with Gasteiger partial charge < -0.3 is 16.0 Å². The second-order valence-electron chi connectivity index (χ2n) is 6.61. The molecule has 1 aliphatic rings. The summed E-state index contributed by atoms with van der Waals surface area (Å²) in [5.74, 6) is 0. The summed E-state index contributed by atoms with van der Waals surface area (Å²) in [6.07, 6.45) is 1.97. The summed E-state index contributed by atoms with van der Waals surface area (Å²) in [4.78, 5) is 12.3. The predicted octanol–water partition coefficient (Wildman–Crippen LogP) is 3.01. The SMILES string of the molecule is C=C(C)c1cccc(C(C)(C)NC(=O)NC2CCNCC2)c1. The van der Waals surface area contributed by atoms with Gasteiger partial charge in [-0.15, -0.1) is 0 Å². The van der Waals surface area contributed by atoms with Crippen molar-refractivity contribution < 1.29 is 4.79 Å². The highest BCUT2D eigenvalue weighted by Gasteiger charge is 2.24. The quantitative estimate of drug-likeness (QED) is 0.801. The van der Waals surface area contributed by atoms with Gasteiger partial charge in [0.1, 0.15) is 0 Å². The van der Waals surface area contributed by atoms with E-state index in [0.29, 0.717) is 0 Å². The van der Waals surface area contributed by atoms with Crippen LogP contribution in [-0.4, -0.2) is 25.2 Å². The molecule has 22 heavy (non-hydrogen) atoms. The normalized spacial score (nSPS) is 16.1. The zero-order valence-corrected chi connectivity index (χ0v) is 13.8. The lowest BCUT2D eigenvalue weighted by Crippen LogP contribution is -2.51. The van der Waals surface area contributed by atoms with Crippen LogP contribution < -0.4 is 16.0 Å². The molecule has 0 radical (unpaired) electrons. The molecular formula is C18H27N3O. The highest BCUT2D eigenvalue weighted by molar-refractivity contribution is 5.75. The fraction of sp³-hybridized carbons (Fsp3) is 0.500. The predicted molar refractivity (Wildman–Crippen MR) is 91.7 cm³/mol. The first-order valence-corrected chi connectivity index (χ1v) is 7.94. The first-order chi connectivity index (χ1) is 10.4. The Hall–Kier alpha value is -1.81. The van der Waals surface area contributed by atoms with Gasteiger partial charge in [-0.1, -0.05) is 30.4 Å². The monoisotopic (exact) mass is 301 g/mol. The lowest BCUT2D eigenvalue weighted by Gasteiger charge is -2.30. The highest BCUT2D eigenvalue weighted by atomic mass is 16.2. The van der Waals surface area contributed by atoms with Crippen molar-refractivity contribution in [2.75, 3.05) is 13.1 Å². The number of amides is 2. The number of hydrogen-bond donors (Lipinski definition) is 3. The fourth-order valence-corrected chi connectivity index (χ4v) is 2.72. The third-order valence-corrected chi connectivity index (χ3v) is 4.18. The standard InChI is InChI=1S/C18H27N3O/c1-13(2)14-6-5-7-15(12-14)18(3,4)21-17(22)20-16-8-10-19-11-9-16/h5-7,12,16,19H,1,8-11H2,2-4H3,(H2,20,21,22). The number of hydrogen-bond acceptors (Lipinski definition) is 2. The summed E-state index contributed by atoms with van der Waals surface area (Å²) in [5, 5.41) is 9.46. The average molecular weight is 301 g/mol. The number of carbonyl (C=O) groups excluding carboxylic acids is 1. The van der Waals surface area contributed by atoms with Crippen LogP contribution in [0.4, 0.5) is 4.79 Å². The van der Waals surface area contributed by atoms with E-state index in [-0.39, 0.29) is 12.1 Å². The summed E-state index contributed by atoms with van der Waals surface area (Å²) in [7, 11) is 0. The summed E-state index contributed by atoms with van der Waals surface area (Å²) < 4.78 is 0. The van der Waals surface area contributed by atoms with E-state index in [1.165, 1.54) is 0 Å². The van der Waals surface area contributed by atoms with Crippen molar-refractivity contribution in [3.05, 3.63) is 42.0 Å². The zero-order valence-electron chi connectivity index (χ0n) is 13.8. The van der Waals surface area contributed by atoms with Crippen molar-refractivity contribution in [3.63, 3.8) is 0 Å². The largest absolute Gasteiger partial charge is 0.335 e. The van der Waals surface area contributed by atoms with Gasteiger partial charge in [-0.3, -0.25) is 0 Å². The van der Waals surface area contributed by atoms with Gasteiger partial charge in [-0.05, 0) is 63.9 Å². The topological polar surface area (TPSA) is 53.2 Å². The Morgan fingerprint density at radius 2 is 2.00 bits per heavy atom. The van der Waals surface area contributed by atoms with Gasteiger partial charge in [0, 0.05) is 6.04 Å². The number of urea groups is 1. The molecule has 1 fully saturated rings. The van der Waals surface area contributed by atoms with Gasteiger partial charge in [0.15, 0.2) is 0 Å². The van der Waals surface area contributed by atoms with Crippen molar-refractivity contribution in [1.29, 1.82) is 0 Å². The first kappa shape index (κ1) is 16.6. The van der Waals surface area contributed by atoms with Gasteiger partial charge in [-0.2, -0.15) is 0 Å². The van der Waals surface area contributed by atoms with Crippen LogP contribution >= 0.6 is 0 Å². The molecule has 0 unspecified atom stereocenters. The van der Waals surface area contributed by atoms with Crippen molar-refractivity contribution >= 4 is 11.6 Å². The second-order valence-corrected chi connectivity index (χ2v) is 6.61. The van der Waals surface area contributed by atoms with Gasteiger partial charge in [0.05, 0.1) is 5.54 Å². The first-order valence-electron chi connectivity index (χ1n) is 7.94. The molecule has 0 aliphatic carbocycles. The van der Waals surface area contributed by atoms with Crippen LogP contribution in [0, 0.1) is 0 Å². The van der Waals surface area contributed by atoms with E-state index in [4.69, 9.17) is 0 Å². The Kier molecular flexibility index (Phi) is 5.24. The minimum Gasteiger partial charge on any atom is -0.335 e. The van der Waals surface area contributed by atoms with E-state index in [0.717, 1.165) is 42.6 Å². The summed E-state index contributed by atoms with van der Waals surface area (Å²) in [6, 6.07) is 8.34. The minimum absolute atomic E-state index is 0.0994. The van der Waals surface area contributed by atoms with Crippen molar-refractivity contribution in [1.82, 2.24) is 16.0 Å². The van der Waals surface area contributed by atoms with Crippen LogP contribution in [0.5, 0.6) is 0 Å². The van der Waals surface area contributed by atoms with Crippen LogP contribution in [0.3, 0.4) is 0 Å². The lowest BCUT2D eigenvalue weighted by atomic mass is 9.92. The number of piperidine rings is 1. The minimum atomic E-state index is -0.428. The van der Waals surface area contributed by atoms with E-state index >= 15 is 0 Å². The van der Waals surface area contributed by atoms with Crippen LogP contribution in [0.25, 0.3) is 5.57 Å². The summed E-state index contributed by atoms with van der Waals surface area (Å²) >= 11 is 0. The molecule has 0 atom stereocenters. The van der Waals surface area contributed by atoms with Gasteiger partial charge in [0.25, 0.3) is 0 Å². The Balaban J connectivity index is 2.01. The average Bonchev–Trinajstić information content (AvgIpc) is 2.47. The molecule has 4 nitrogen and oxygen atoms in total. The van der Waals surface area contributed by atoms with Crippen LogP contribution in [-0.2, 0) is 5.54 Å². The molecule has 0 bridgehead atoms. The summed E-state index contributed by atoms with van der Waals surface area (Å²) in [6.45, 7) is 11.9. The molecule has 2 rings (SSSR count). The molecule has 1 heterocycles. The Morgan fingerprint density at radius 1 is 1.32 bits per heavy atom. The van der Waals surface area contributed by atoms with Crippen molar-refractivity contribution in [2.45, 2.75) is 45.2 Å². The molecule has 120 valence electrons. The molecule has 0 spiro atoms. The molecule has 2 amide bonds. The Morgan fingerprint density at radius 3 is 2.64 bits per heavy atom. The van der Waals surface area contributed by atoms with E-state index in [1.807, 2.05) is 39.0 Å². The van der Waals surface area contributed by atoms with Crippen molar-refractivity contribution in [3.8, 4) is 0 Å². The molecule has 1 aliphatic heterocycles. The molecule has 1 saturated heterocycles. The maximum atomic E-state index is 12.3. The molecular weight excluding hydrogens is 274 g/mol. The maximum Gasteiger partial charge on any atom is 0.315 e. The Labute approximate surface area is 133 Å². The van der Waals surface area contributed by atoms with E-state index in [2.05, 4.69) is 28.6 Å². The number of benzene rings is 1. The van der Waals surface area contributed by atoms with E-state index in [1.54, 1.807) is 0 Å². The molecule has 1 aromatic rings. The van der Waals surface area contributed by atoms with Crippen LogP contribution in [0.15, 0.2) is 30.8 Å². The number of nitrogens with one attached hydrogen (secondary N) is 3. The van der Waals surface area contributed by atoms with Gasteiger partial charge in [-0.25, -0.2) is 4.79 Å². The molecule has 0 saturated carbocycles. The van der Waals surface area contributed by atoms with Gasteiger partial charge >= 0.3 is 6.03 Å². The van der Waals surface area contributed by atoms with E-state index < -0.39 is 5.54 Å². The highest BCUT2D eigenvalue weighted by Crippen LogP contribution is 2.23. The van der Waals surface area contributed by atoms with Crippen molar-refractivity contribution in [2.24, 2.45) is 0 Å². The smallest absolute Gasteiger partial charge is 0.315 e.